The highest BCUT2D eigenvalue weighted by molar-refractivity contribution is 6.01. The van der Waals surface area contributed by atoms with Crippen molar-refractivity contribution in [1.82, 2.24) is 0 Å². The van der Waals surface area contributed by atoms with Crippen molar-refractivity contribution in [1.29, 1.82) is 0 Å². The quantitative estimate of drug-likeness (QED) is 0.835. The first-order valence-electron chi connectivity index (χ1n) is 6.94. The van der Waals surface area contributed by atoms with Crippen molar-refractivity contribution in [2.75, 3.05) is 0 Å². The second-order valence-corrected chi connectivity index (χ2v) is 4.74. The van der Waals surface area contributed by atoms with E-state index in [1.807, 2.05) is 24.3 Å². The van der Waals surface area contributed by atoms with E-state index in [0.717, 1.165) is 24.0 Å². The van der Waals surface area contributed by atoms with Gasteiger partial charge in [0.15, 0.2) is 5.78 Å². The van der Waals surface area contributed by atoms with Crippen molar-refractivity contribution in [2.24, 2.45) is 0 Å². The maximum Gasteiger partial charge on any atom is 0.178 e. The molecule has 0 aromatic carbocycles. The zero-order valence-electron chi connectivity index (χ0n) is 11.9. The predicted molar refractivity (Wildman–Crippen MR) is 81.4 cm³/mol. The highest BCUT2D eigenvalue weighted by atomic mass is 16.3. The molecule has 103 valence electrons. The van der Waals surface area contributed by atoms with E-state index < -0.39 is 0 Å². The number of aliphatic hydroxyl groups is 1. The van der Waals surface area contributed by atoms with E-state index in [9.17, 15) is 9.90 Å². The number of carbonyl (C=O) groups excluding carboxylic acids is 1. The van der Waals surface area contributed by atoms with E-state index in [1.165, 1.54) is 11.1 Å². The van der Waals surface area contributed by atoms with Gasteiger partial charge in [-0.05, 0) is 59.4 Å². The minimum atomic E-state index is 0.0342. The molecule has 2 nitrogen and oxygen atoms in total. The summed E-state index contributed by atoms with van der Waals surface area (Å²) in [5, 5.41) is 9.40. The Labute approximate surface area is 120 Å². The molecule has 0 atom stereocenters. The molecule has 0 aliphatic heterocycles. The Balaban J connectivity index is 2.47. The maximum atomic E-state index is 11.2. The van der Waals surface area contributed by atoms with Crippen LogP contribution in [0.4, 0.5) is 0 Å². The van der Waals surface area contributed by atoms with Crippen LogP contribution in [0.5, 0.6) is 0 Å². The molecule has 0 bridgehead atoms. The van der Waals surface area contributed by atoms with Gasteiger partial charge in [-0.15, -0.1) is 0 Å². The fourth-order valence-corrected chi connectivity index (χ4v) is 2.50. The summed E-state index contributed by atoms with van der Waals surface area (Å²) in [4.78, 5) is 11.2. The highest BCUT2D eigenvalue weighted by Gasteiger charge is 2.12. The average molecular weight is 267 g/mol. The van der Waals surface area contributed by atoms with E-state index in [0.29, 0.717) is 0 Å². The number of carbonyl (C=O) groups is 1. The molecule has 2 aliphatic carbocycles. The third kappa shape index (κ3) is 3.14. The summed E-state index contributed by atoms with van der Waals surface area (Å²) in [6.07, 6.45) is 16.4. The minimum Gasteiger partial charge on any atom is -0.378 e. The Morgan fingerprint density at radius 3 is 1.60 bits per heavy atom. The van der Waals surface area contributed by atoms with Crippen molar-refractivity contribution in [3.05, 3.63) is 77.0 Å². The SMILES string of the molecule is CCC(=C1C=C[C](O)C=C1)C(CC)=C1C=CC(=O)C=C1. The second kappa shape index (κ2) is 6.49. The topological polar surface area (TPSA) is 37.3 Å². The zero-order chi connectivity index (χ0) is 14.5. The minimum absolute atomic E-state index is 0.0342. The lowest BCUT2D eigenvalue weighted by Gasteiger charge is -2.17. The van der Waals surface area contributed by atoms with Gasteiger partial charge in [-0.1, -0.05) is 38.2 Å². The fraction of sp³-hybridized carbons (Fsp3) is 0.222. The van der Waals surface area contributed by atoms with Gasteiger partial charge < -0.3 is 5.11 Å². The van der Waals surface area contributed by atoms with E-state index in [2.05, 4.69) is 13.8 Å². The van der Waals surface area contributed by atoms with Crippen molar-refractivity contribution < 1.29 is 9.90 Å². The Morgan fingerprint density at radius 2 is 1.20 bits per heavy atom. The zero-order valence-corrected chi connectivity index (χ0v) is 11.9. The van der Waals surface area contributed by atoms with Crippen LogP contribution in [-0.2, 0) is 4.79 Å². The van der Waals surface area contributed by atoms with Crippen LogP contribution >= 0.6 is 0 Å². The van der Waals surface area contributed by atoms with Gasteiger partial charge in [-0.25, -0.2) is 0 Å². The molecule has 0 spiro atoms. The van der Waals surface area contributed by atoms with Crippen LogP contribution in [0.25, 0.3) is 0 Å². The molecule has 0 saturated carbocycles. The molecule has 0 heterocycles. The Bertz CT molecular complexity index is 547. The second-order valence-electron chi connectivity index (χ2n) is 4.74. The van der Waals surface area contributed by atoms with E-state index in [-0.39, 0.29) is 11.9 Å². The third-order valence-electron chi connectivity index (χ3n) is 3.49. The van der Waals surface area contributed by atoms with Crippen molar-refractivity contribution in [3.8, 4) is 0 Å². The third-order valence-corrected chi connectivity index (χ3v) is 3.49. The predicted octanol–water partition coefficient (Wildman–Crippen LogP) is 4.13. The van der Waals surface area contributed by atoms with Gasteiger partial charge in [-0.2, -0.15) is 0 Å². The molecular weight excluding hydrogens is 248 g/mol. The van der Waals surface area contributed by atoms with Crippen LogP contribution in [0.2, 0.25) is 0 Å². The molecule has 1 radical (unpaired) electrons. The Hall–Kier alpha value is -1.93. The molecule has 0 saturated heterocycles. The number of rotatable bonds is 3. The van der Waals surface area contributed by atoms with Crippen LogP contribution in [0.15, 0.2) is 70.9 Å². The van der Waals surface area contributed by atoms with Crippen LogP contribution in [0, 0.1) is 6.10 Å². The lowest BCUT2D eigenvalue weighted by Crippen LogP contribution is -2.01. The van der Waals surface area contributed by atoms with Crippen LogP contribution < -0.4 is 0 Å². The lowest BCUT2D eigenvalue weighted by atomic mass is 9.88. The lowest BCUT2D eigenvalue weighted by molar-refractivity contribution is -0.110. The Kier molecular flexibility index (Phi) is 4.70. The molecule has 0 aromatic rings. The Morgan fingerprint density at radius 1 is 0.800 bits per heavy atom. The summed E-state index contributed by atoms with van der Waals surface area (Å²) in [6.45, 7) is 4.25. The summed E-state index contributed by atoms with van der Waals surface area (Å²) in [7, 11) is 0. The summed E-state index contributed by atoms with van der Waals surface area (Å²) in [5.41, 5.74) is 4.72. The monoisotopic (exact) mass is 267 g/mol. The van der Waals surface area contributed by atoms with Crippen LogP contribution in [-0.4, -0.2) is 10.9 Å². The molecular formula is C18H19O2. The first-order chi connectivity index (χ1) is 9.65. The largest absolute Gasteiger partial charge is 0.378 e. The normalized spacial score (nSPS) is 18.1. The van der Waals surface area contributed by atoms with Gasteiger partial charge in [0.25, 0.3) is 0 Å². The van der Waals surface area contributed by atoms with Gasteiger partial charge in [0.05, 0.1) is 0 Å². The van der Waals surface area contributed by atoms with Gasteiger partial charge >= 0.3 is 0 Å². The van der Waals surface area contributed by atoms with Gasteiger partial charge in [0.2, 0.25) is 0 Å². The number of ketones is 1. The summed E-state index contributed by atoms with van der Waals surface area (Å²) >= 11 is 0. The first kappa shape index (κ1) is 14.5. The molecule has 2 heteroatoms. The summed E-state index contributed by atoms with van der Waals surface area (Å²) in [6, 6.07) is 0. The molecule has 0 unspecified atom stereocenters. The molecule has 20 heavy (non-hydrogen) atoms. The standard InChI is InChI=1S/C18H19O2/c1-3-17(13-5-9-15(19)10-6-13)18(4-2)14-7-11-16(20)12-8-14/h5-12,19H,3-4H2,1-2H3. The van der Waals surface area contributed by atoms with E-state index in [1.54, 1.807) is 24.3 Å². The number of aliphatic hydroxyl groups excluding tert-OH is 1. The molecule has 0 amide bonds. The average Bonchev–Trinajstić information content (AvgIpc) is 2.47. The van der Waals surface area contributed by atoms with Gasteiger partial charge in [0.1, 0.15) is 6.10 Å². The molecule has 0 aromatic heterocycles. The van der Waals surface area contributed by atoms with Crippen LogP contribution in [0.3, 0.4) is 0 Å². The number of hydrogen-bond acceptors (Lipinski definition) is 2. The number of allylic oxidation sites excluding steroid dienone is 10. The van der Waals surface area contributed by atoms with Crippen molar-refractivity contribution in [2.45, 2.75) is 26.7 Å². The van der Waals surface area contributed by atoms with Crippen molar-refractivity contribution in [3.63, 3.8) is 0 Å². The summed E-state index contributed by atoms with van der Waals surface area (Å²) < 4.78 is 0. The molecule has 0 fully saturated rings. The molecule has 2 rings (SSSR count). The smallest absolute Gasteiger partial charge is 0.178 e. The molecule has 2 aliphatic rings. The van der Waals surface area contributed by atoms with Gasteiger partial charge in [0, 0.05) is 0 Å². The van der Waals surface area contributed by atoms with E-state index in [4.69, 9.17) is 0 Å². The highest BCUT2D eigenvalue weighted by Crippen LogP contribution is 2.30. The van der Waals surface area contributed by atoms with Crippen LogP contribution in [0.1, 0.15) is 26.7 Å². The summed E-state index contributed by atoms with van der Waals surface area (Å²) in [5.74, 6) is 0.0342. The van der Waals surface area contributed by atoms with Gasteiger partial charge in [-0.3, -0.25) is 4.79 Å². The number of hydrogen-bond donors (Lipinski definition) is 1. The fourth-order valence-electron chi connectivity index (χ4n) is 2.50. The maximum absolute atomic E-state index is 11.2. The van der Waals surface area contributed by atoms with Crippen molar-refractivity contribution >= 4 is 5.78 Å². The molecule has 1 N–H and O–H groups in total. The van der Waals surface area contributed by atoms with E-state index >= 15 is 0 Å². The first-order valence-corrected chi connectivity index (χ1v) is 6.94.